The van der Waals surface area contributed by atoms with E-state index in [4.69, 9.17) is 0 Å². The molecule has 5 rings (SSSR count). The van der Waals surface area contributed by atoms with Gasteiger partial charge in [-0.3, -0.25) is 19.6 Å². The molecule has 0 bridgehead atoms. The number of aliphatic hydroxyl groups is 1. The highest BCUT2D eigenvalue weighted by Gasteiger charge is 2.52. The molecule has 1 atom stereocenters. The Kier molecular flexibility index (Phi) is 7.63. The van der Waals surface area contributed by atoms with E-state index in [1.54, 1.807) is 36.2 Å². The van der Waals surface area contributed by atoms with E-state index in [0.29, 0.717) is 48.7 Å². The number of nitriles is 1. The standard InChI is InChI=1S/C30H23F6N5O3/c1-28-10-3-11-41(28)40(16-18-5-2-4-17(12-18)14-37)27(44)24(25(28)42)26(43)39-22-8-7-20(29(31,32)33)13-21(22)19-6-9-23(38-15-19)30(34,35)36/h2,4-9,12-13,15,42H,3,10-11,16H2,1H3,(H,39,43). The molecule has 2 N–H and O–H groups in total. The van der Waals surface area contributed by atoms with Crippen LogP contribution in [0.3, 0.4) is 0 Å². The van der Waals surface area contributed by atoms with Gasteiger partial charge in [-0.1, -0.05) is 18.2 Å². The van der Waals surface area contributed by atoms with Gasteiger partial charge in [-0.15, -0.1) is 0 Å². The molecule has 14 heteroatoms. The smallest absolute Gasteiger partial charge is 0.433 e. The third-order valence-electron chi connectivity index (χ3n) is 7.67. The quantitative estimate of drug-likeness (QED) is 0.261. The molecule has 0 aliphatic carbocycles. The lowest BCUT2D eigenvalue weighted by Gasteiger charge is -2.46. The minimum Gasteiger partial charge on any atom is -0.509 e. The van der Waals surface area contributed by atoms with Gasteiger partial charge in [0.15, 0.2) is 0 Å². The number of fused-ring (bicyclic) bond motifs is 1. The average molecular weight is 616 g/mol. The van der Waals surface area contributed by atoms with E-state index in [0.717, 1.165) is 18.3 Å². The highest BCUT2D eigenvalue weighted by molar-refractivity contribution is 6.24. The van der Waals surface area contributed by atoms with Crippen molar-refractivity contribution in [2.75, 3.05) is 11.9 Å². The number of carbonyl (C=O) groups excluding carboxylic acids is 2. The molecule has 1 unspecified atom stereocenters. The summed E-state index contributed by atoms with van der Waals surface area (Å²) in [5, 5.41) is 25.8. The van der Waals surface area contributed by atoms with Gasteiger partial charge >= 0.3 is 12.4 Å². The van der Waals surface area contributed by atoms with Crippen molar-refractivity contribution < 1.29 is 41.0 Å². The Morgan fingerprint density at radius 3 is 2.48 bits per heavy atom. The van der Waals surface area contributed by atoms with Gasteiger partial charge in [0.1, 0.15) is 17.0 Å². The van der Waals surface area contributed by atoms with Gasteiger partial charge in [0.2, 0.25) is 0 Å². The molecule has 2 aromatic carbocycles. The molecule has 1 saturated heterocycles. The van der Waals surface area contributed by atoms with E-state index in [1.165, 1.54) is 5.01 Å². The molecular formula is C30H23F6N5O3. The Hall–Kier alpha value is -4.90. The predicted molar refractivity (Wildman–Crippen MR) is 144 cm³/mol. The number of rotatable bonds is 5. The average Bonchev–Trinajstić information content (AvgIpc) is 3.37. The zero-order valence-electron chi connectivity index (χ0n) is 22.9. The van der Waals surface area contributed by atoms with Crippen molar-refractivity contribution in [2.24, 2.45) is 0 Å². The van der Waals surface area contributed by atoms with Gasteiger partial charge in [-0.2, -0.15) is 31.6 Å². The van der Waals surface area contributed by atoms with Crippen LogP contribution < -0.4 is 5.32 Å². The summed E-state index contributed by atoms with van der Waals surface area (Å²) in [6.45, 7) is 1.98. The van der Waals surface area contributed by atoms with Gasteiger partial charge in [0, 0.05) is 29.6 Å². The molecule has 1 fully saturated rings. The van der Waals surface area contributed by atoms with Crippen LogP contribution in [0.2, 0.25) is 0 Å². The fourth-order valence-corrected chi connectivity index (χ4v) is 5.43. The summed E-state index contributed by atoms with van der Waals surface area (Å²) < 4.78 is 79.9. The van der Waals surface area contributed by atoms with Crippen molar-refractivity contribution in [3.8, 4) is 17.2 Å². The Morgan fingerprint density at radius 1 is 1.09 bits per heavy atom. The third-order valence-corrected chi connectivity index (χ3v) is 7.67. The van der Waals surface area contributed by atoms with Crippen molar-refractivity contribution in [2.45, 2.75) is 44.2 Å². The number of halogens is 6. The van der Waals surface area contributed by atoms with Crippen LogP contribution in [0, 0.1) is 11.3 Å². The Labute approximate surface area is 246 Å². The van der Waals surface area contributed by atoms with Crippen molar-refractivity contribution >= 4 is 17.5 Å². The number of hydrogen-bond acceptors (Lipinski definition) is 6. The van der Waals surface area contributed by atoms with Crippen LogP contribution in [0.25, 0.3) is 11.1 Å². The maximum atomic E-state index is 13.8. The normalized spacial score (nSPS) is 19.1. The fourth-order valence-electron chi connectivity index (χ4n) is 5.43. The molecule has 2 aliphatic rings. The number of benzene rings is 2. The first-order chi connectivity index (χ1) is 20.6. The summed E-state index contributed by atoms with van der Waals surface area (Å²) in [6.07, 6.45) is -7.94. The summed E-state index contributed by atoms with van der Waals surface area (Å²) in [7, 11) is 0. The second kappa shape index (κ2) is 11.0. The number of hydrogen-bond donors (Lipinski definition) is 2. The van der Waals surface area contributed by atoms with Crippen LogP contribution in [0.4, 0.5) is 32.0 Å². The summed E-state index contributed by atoms with van der Waals surface area (Å²) >= 11 is 0. The predicted octanol–water partition coefficient (Wildman–Crippen LogP) is 6.22. The molecule has 2 amide bonds. The highest BCUT2D eigenvalue weighted by Crippen LogP contribution is 2.42. The van der Waals surface area contributed by atoms with Crippen LogP contribution in [-0.4, -0.2) is 44.0 Å². The van der Waals surface area contributed by atoms with Gasteiger partial charge in [-0.25, -0.2) is 5.01 Å². The number of anilines is 1. The Balaban J connectivity index is 1.53. The molecule has 8 nitrogen and oxygen atoms in total. The van der Waals surface area contributed by atoms with Crippen LogP contribution in [-0.2, 0) is 28.5 Å². The largest absolute Gasteiger partial charge is 0.509 e. The van der Waals surface area contributed by atoms with Crippen molar-refractivity contribution in [3.05, 3.63) is 94.5 Å². The number of nitrogens with zero attached hydrogens (tertiary/aromatic N) is 4. The second-order valence-electron chi connectivity index (χ2n) is 10.5. The number of hydrazine groups is 1. The highest BCUT2D eigenvalue weighted by atomic mass is 19.4. The van der Waals surface area contributed by atoms with Gasteiger partial charge in [0.25, 0.3) is 11.8 Å². The molecule has 3 heterocycles. The van der Waals surface area contributed by atoms with E-state index in [-0.39, 0.29) is 23.4 Å². The number of nitrogens with one attached hydrogen (secondary N) is 1. The van der Waals surface area contributed by atoms with Crippen LogP contribution in [0.15, 0.2) is 72.1 Å². The lowest BCUT2D eigenvalue weighted by molar-refractivity contribution is -0.160. The second-order valence-corrected chi connectivity index (χ2v) is 10.5. The minimum absolute atomic E-state index is 0.0449. The maximum absolute atomic E-state index is 13.8. The molecular weight excluding hydrogens is 592 g/mol. The first-order valence-electron chi connectivity index (χ1n) is 13.2. The van der Waals surface area contributed by atoms with Crippen molar-refractivity contribution in [1.29, 1.82) is 5.26 Å². The summed E-state index contributed by atoms with van der Waals surface area (Å²) in [4.78, 5) is 30.7. The van der Waals surface area contributed by atoms with Crippen LogP contribution in [0.5, 0.6) is 0 Å². The summed E-state index contributed by atoms with van der Waals surface area (Å²) in [5.41, 5.74) is -4.01. The molecule has 44 heavy (non-hydrogen) atoms. The molecule has 0 saturated carbocycles. The van der Waals surface area contributed by atoms with Crippen LogP contribution in [0.1, 0.15) is 42.1 Å². The monoisotopic (exact) mass is 615 g/mol. The van der Waals surface area contributed by atoms with E-state index < -0.39 is 52.3 Å². The lowest BCUT2D eigenvalue weighted by Crippen LogP contribution is -2.60. The number of amides is 2. The van der Waals surface area contributed by atoms with E-state index in [2.05, 4.69) is 10.3 Å². The topological polar surface area (TPSA) is 110 Å². The number of aromatic nitrogens is 1. The molecule has 0 spiro atoms. The molecule has 2 aliphatic heterocycles. The first kappa shape index (κ1) is 30.6. The van der Waals surface area contributed by atoms with Gasteiger partial charge in [0.05, 0.1) is 29.3 Å². The summed E-state index contributed by atoms with van der Waals surface area (Å²) in [6, 6.07) is 12.2. The summed E-state index contributed by atoms with van der Waals surface area (Å²) in [5.74, 6) is -2.53. The number of aliphatic hydroxyl groups excluding tert-OH is 1. The van der Waals surface area contributed by atoms with E-state index in [1.807, 2.05) is 6.07 Å². The molecule has 3 aromatic rings. The number of pyridine rings is 1. The number of alkyl halides is 6. The maximum Gasteiger partial charge on any atom is 0.433 e. The lowest BCUT2D eigenvalue weighted by atomic mass is 9.90. The van der Waals surface area contributed by atoms with E-state index in [9.17, 15) is 46.3 Å². The Morgan fingerprint density at radius 2 is 1.84 bits per heavy atom. The Bertz CT molecular complexity index is 1710. The van der Waals surface area contributed by atoms with Gasteiger partial charge in [-0.05, 0) is 61.7 Å². The third kappa shape index (κ3) is 5.58. The molecule has 1 aromatic heterocycles. The zero-order valence-corrected chi connectivity index (χ0v) is 22.9. The van der Waals surface area contributed by atoms with Gasteiger partial charge < -0.3 is 10.4 Å². The van der Waals surface area contributed by atoms with Crippen molar-refractivity contribution in [3.63, 3.8) is 0 Å². The fraction of sp³-hybridized carbons (Fsp3) is 0.267. The SMILES string of the molecule is CC12CCCN1N(Cc1cccc(C#N)c1)C(=O)C(C(=O)Nc1ccc(C(F)(F)F)cc1-c1ccc(C(F)(F)F)nc1)=C2O. The van der Waals surface area contributed by atoms with Crippen LogP contribution >= 0.6 is 0 Å². The zero-order chi connectivity index (χ0) is 32.0. The number of carbonyl (C=O) groups is 2. The van der Waals surface area contributed by atoms with E-state index >= 15 is 0 Å². The molecule has 228 valence electrons. The first-order valence-corrected chi connectivity index (χ1v) is 13.2. The van der Waals surface area contributed by atoms with Crippen molar-refractivity contribution in [1.82, 2.24) is 15.0 Å². The molecule has 0 radical (unpaired) electrons. The minimum atomic E-state index is -4.82.